The molecule has 0 spiro atoms. The summed E-state index contributed by atoms with van der Waals surface area (Å²) >= 11 is 1.45. The minimum absolute atomic E-state index is 0.0550. The Balaban J connectivity index is 1.58. The van der Waals surface area contributed by atoms with Gasteiger partial charge in [-0.05, 0) is 42.3 Å². The smallest absolute Gasteiger partial charge is 0.236 e. The van der Waals surface area contributed by atoms with E-state index in [1.165, 1.54) is 36.0 Å². The molecule has 1 saturated heterocycles. The second-order valence-corrected chi connectivity index (χ2v) is 7.80. The molecule has 7 heteroatoms. The van der Waals surface area contributed by atoms with Crippen molar-refractivity contribution in [3.63, 3.8) is 0 Å². The highest BCUT2D eigenvalue weighted by molar-refractivity contribution is 8.01. The molecule has 1 aliphatic heterocycles. The highest BCUT2D eigenvalue weighted by Gasteiger charge is 2.38. The summed E-state index contributed by atoms with van der Waals surface area (Å²) in [5.74, 6) is -0.931. The molecular formula is C20H20F2N2O2S. The Hall–Kier alpha value is -2.41. The molecular weight excluding hydrogens is 370 g/mol. The maximum Gasteiger partial charge on any atom is 0.236 e. The summed E-state index contributed by atoms with van der Waals surface area (Å²) in [7, 11) is 0. The molecule has 2 aromatic carbocycles. The molecule has 1 N–H and O–H groups in total. The van der Waals surface area contributed by atoms with Crippen LogP contribution in [0.25, 0.3) is 0 Å². The molecule has 2 atom stereocenters. The molecule has 0 bridgehead atoms. The number of thioether (sulfide) groups is 1. The molecule has 0 unspecified atom stereocenters. The number of hydrogen-bond acceptors (Lipinski definition) is 3. The van der Waals surface area contributed by atoms with Crippen LogP contribution in [0.1, 0.15) is 29.8 Å². The zero-order valence-corrected chi connectivity index (χ0v) is 15.6. The normalized spacial score (nSPS) is 19.4. The Morgan fingerprint density at radius 3 is 2.59 bits per heavy atom. The topological polar surface area (TPSA) is 49.4 Å². The van der Waals surface area contributed by atoms with Crippen LogP contribution in [0.2, 0.25) is 0 Å². The van der Waals surface area contributed by atoms with Gasteiger partial charge in [-0.3, -0.25) is 9.59 Å². The number of nitrogens with one attached hydrogen (secondary N) is 1. The molecule has 1 aliphatic rings. The number of halogens is 2. The molecule has 3 rings (SSSR count). The third kappa shape index (κ3) is 4.86. The summed E-state index contributed by atoms with van der Waals surface area (Å²) in [6, 6.07) is 12.1. The average molecular weight is 390 g/mol. The third-order valence-electron chi connectivity index (χ3n) is 4.36. The van der Waals surface area contributed by atoms with Gasteiger partial charge in [-0.25, -0.2) is 8.78 Å². The number of nitrogens with zero attached hydrogens (tertiary/aromatic N) is 1. The van der Waals surface area contributed by atoms with Gasteiger partial charge in [0.2, 0.25) is 11.8 Å². The van der Waals surface area contributed by atoms with Crippen LogP contribution in [0.4, 0.5) is 8.78 Å². The van der Waals surface area contributed by atoms with Crippen molar-refractivity contribution >= 4 is 23.6 Å². The molecule has 0 saturated carbocycles. The van der Waals surface area contributed by atoms with Crippen LogP contribution in [0.5, 0.6) is 0 Å². The van der Waals surface area contributed by atoms with Crippen LogP contribution in [0, 0.1) is 11.6 Å². The van der Waals surface area contributed by atoms with Crippen LogP contribution in [0.15, 0.2) is 48.5 Å². The first kappa shape index (κ1) is 19.4. The number of carbonyl (C=O) groups excluding carboxylic acids is 2. The first-order valence-corrected chi connectivity index (χ1v) is 9.61. The molecule has 2 aromatic rings. The lowest BCUT2D eigenvalue weighted by molar-refractivity contribution is -0.130. The van der Waals surface area contributed by atoms with E-state index in [1.807, 2.05) is 6.92 Å². The Morgan fingerprint density at radius 2 is 1.89 bits per heavy atom. The summed E-state index contributed by atoms with van der Waals surface area (Å²) in [5.41, 5.74) is 1.51. The van der Waals surface area contributed by atoms with Gasteiger partial charge in [0.25, 0.3) is 0 Å². The average Bonchev–Trinajstić information content (AvgIpc) is 2.94. The lowest BCUT2D eigenvalue weighted by Crippen LogP contribution is -2.34. The lowest BCUT2D eigenvalue weighted by atomic mass is 10.2. The van der Waals surface area contributed by atoms with Crippen molar-refractivity contribution in [1.29, 1.82) is 0 Å². The molecule has 0 aliphatic carbocycles. The Bertz CT molecular complexity index is 829. The number of hydrogen-bond donors (Lipinski definition) is 1. The minimum Gasteiger partial charge on any atom is -0.352 e. The van der Waals surface area contributed by atoms with E-state index in [2.05, 4.69) is 5.32 Å². The zero-order chi connectivity index (χ0) is 19.4. The number of rotatable bonds is 6. The third-order valence-corrected chi connectivity index (χ3v) is 5.76. The molecule has 0 radical (unpaired) electrons. The fraction of sp³-hybridized carbons (Fsp3) is 0.300. The largest absolute Gasteiger partial charge is 0.352 e. The Morgan fingerprint density at radius 1 is 1.15 bits per heavy atom. The standard InChI is InChI=1S/C20H20F2N2O2S/c1-13-19(26)24(20(27-13)15-3-2-4-17(22)11-15)10-9-18(25)23-12-14-5-7-16(21)8-6-14/h2-8,11,13,20H,9-10,12H2,1H3,(H,23,25)/t13-,20+/m1/s1. The maximum atomic E-state index is 13.5. The van der Waals surface area contributed by atoms with Crippen LogP contribution in [-0.4, -0.2) is 28.5 Å². The van der Waals surface area contributed by atoms with E-state index in [-0.39, 0.29) is 47.0 Å². The van der Waals surface area contributed by atoms with Gasteiger partial charge in [-0.2, -0.15) is 0 Å². The van der Waals surface area contributed by atoms with E-state index in [1.54, 1.807) is 29.2 Å². The fourth-order valence-electron chi connectivity index (χ4n) is 2.93. The van der Waals surface area contributed by atoms with Gasteiger partial charge in [0.1, 0.15) is 17.0 Å². The Kier molecular flexibility index (Phi) is 6.11. The first-order valence-electron chi connectivity index (χ1n) is 8.66. The molecule has 142 valence electrons. The van der Waals surface area contributed by atoms with Gasteiger partial charge in [0.15, 0.2) is 0 Å². The van der Waals surface area contributed by atoms with Crippen LogP contribution in [-0.2, 0) is 16.1 Å². The fourth-order valence-corrected chi connectivity index (χ4v) is 4.23. The number of benzene rings is 2. The molecule has 2 amide bonds. The van der Waals surface area contributed by atoms with Crippen LogP contribution < -0.4 is 5.32 Å². The van der Waals surface area contributed by atoms with Crippen LogP contribution in [0.3, 0.4) is 0 Å². The van der Waals surface area contributed by atoms with E-state index in [4.69, 9.17) is 0 Å². The van der Waals surface area contributed by atoms with Crippen molar-refractivity contribution in [3.05, 3.63) is 71.3 Å². The monoisotopic (exact) mass is 390 g/mol. The van der Waals surface area contributed by atoms with Gasteiger partial charge < -0.3 is 10.2 Å². The second-order valence-electron chi connectivity index (χ2n) is 6.37. The summed E-state index contributed by atoms with van der Waals surface area (Å²) in [4.78, 5) is 26.2. The molecule has 4 nitrogen and oxygen atoms in total. The second kappa shape index (κ2) is 8.52. The molecule has 1 heterocycles. The van der Waals surface area contributed by atoms with Gasteiger partial charge >= 0.3 is 0 Å². The summed E-state index contributed by atoms with van der Waals surface area (Å²) in [6.45, 7) is 2.37. The van der Waals surface area contributed by atoms with Gasteiger partial charge in [-0.15, -0.1) is 11.8 Å². The molecule has 0 aromatic heterocycles. The van der Waals surface area contributed by atoms with Crippen molar-refractivity contribution in [2.75, 3.05) is 6.54 Å². The van der Waals surface area contributed by atoms with Crippen molar-refractivity contribution in [2.45, 2.75) is 30.5 Å². The molecule has 27 heavy (non-hydrogen) atoms. The SMILES string of the molecule is C[C@H]1S[C@@H](c2cccc(F)c2)N(CCC(=O)NCc2ccc(F)cc2)C1=O. The predicted molar refractivity (Wildman–Crippen MR) is 101 cm³/mol. The van der Waals surface area contributed by atoms with Crippen molar-refractivity contribution < 1.29 is 18.4 Å². The van der Waals surface area contributed by atoms with E-state index in [0.29, 0.717) is 12.1 Å². The van der Waals surface area contributed by atoms with Crippen LogP contribution >= 0.6 is 11.8 Å². The summed E-state index contributed by atoms with van der Waals surface area (Å²) in [5, 5.41) is 2.23. The van der Waals surface area contributed by atoms with Crippen molar-refractivity contribution in [1.82, 2.24) is 10.2 Å². The van der Waals surface area contributed by atoms with Gasteiger partial charge in [0, 0.05) is 19.5 Å². The van der Waals surface area contributed by atoms with Gasteiger partial charge in [0.05, 0.1) is 5.25 Å². The zero-order valence-electron chi connectivity index (χ0n) is 14.8. The summed E-state index contributed by atoms with van der Waals surface area (Å²) < 4.78 is 26.4. The van der Waals surface area contributed by atoms with Crippen molar-refractivity contribution in [3.8, 4) is 0 Å². The van der Waals surface area contributed by atoms with Crippen molar-refractivity contribution in [2.24, 2.45) is 0 Å². The molecule has 1 fully saturated rings. The first-order chi connectivity index (χ1) is 12.9. The van der Waals surface area contributed by atoms with E-state index in [0.717, 1.165) is 5.56 Å². The summed E-state index contributed by atoms with van der Waals surface area (Å²) in [6.07, 6.45) is 0.145. The maximum absolute atomic E-state index is 13.5. The number of carbonyl (C=O) groups is 2. The predicted octanol–water partition coefficient (Wildman–Crippen LogP) is 3.63. The quantitative estimate of drug-likeness (QED) is 0.819. The van der Waals surface area contributed by atoms with E-state index < -0.39 is 0 Å². The highest BCUT2D eigenvalue weighted by atomic mass is 32.2. The minimum atomic E-state index is -0.350. The van der Waals surface area contributed by atoms with E-state index >= 15 is 0 Å². The number of amides is 2. The van der Waals surface area contributed by atoms with E-state index in [9.17, 15) is 18.4 Å². The lowest BCUT2D eigenvalue weighted by Gasteiger charge is -2.24. The van der Waals surface area contributed by atoms with Gasteiger partial charge in [-0.1, -0.05) is 24.3 Å². The Labute approximate surface area is 160 Å². The highest BCUT2D eigenvalue weighted by Crippen LogP contribution is 2.42.